The average molecular weight is 436 g/mol. The van der Waals surface area contributed by atoms with E-state index in [1.54, 1.807) is 20.8 Å². The predicted octanol–water partition coefficient (Wildman–Crippen LogP) is -0.497. The van der Waals surface area contributed by atoms with Crippen LogP contribution in [0.15, 0.2) is 11.6 Å². The van der Waals surface area contributed by atoms with Crippen molar-refractivity contribution in [3.8, 4) is 0 Å². The molecule has 9 heteroatoms. The Morgan fingerprint density at radius 1 is 1.19 bits per heavy atom. The number of esters is 2. The van der Waals surface area contributed by atoms with Crippen molar-refractivity contribution in [3.63, 3.8) is 0 Å². The quantitative estimate of drug-likeness (QED) is 0.464. The molecule has 0 aromatic heterocycles. The summed E-state index contributed by atoms with van der Waals surface area (Å²) in [6, 6.07) is 0. The monoisotopic (exact) mass is 436 g/mol. The molecule has 2 saturated heterocycles. The number of aliphatic hydroxyl groups excluding tert-OH is 3. The van der Waals surface area contributed by atoms with Gasteiger partial charge >= 0.3 is 11.9 Å². The molecule has 0 radical (unpaired) electrons. The molecule has 3 aliphatic carbocycles. The van der Waals surface area contributed by atoms with E-state index < -0.39 is 76.5 Å². The molecule has 0 aromatic rings. The van der Waals surface area contributed by atoms with Gasteiger partial charge in [-0.15, -0.1) is 0 Å². The smallest absolute Gasteiger partial charge is 0.348 e. The number of carbonyl (C=O) groups is 3. The summed E-state index contributed by atoms with van der Waals surface area (Å²) >= 11 is 0. The number of fused-ring (bicyclic) bond motifs is 2. The van der Waals surface area contributed by atoms with Crippen molar-refractivity contribution >= 4 is 17.7 Å². The van der Waals surface area contributed by atoms with Crippen LogP contribution in [0.1, 0.15) is 34.1 Å². The van der Waals surface area contributed by atoms with Gasteiger partial charge in [-0.05, 0) is 32.3 Å². The van der Waals surface area contributed by atoms with E-state index in [2.05, 4.69) is 0 Å². The van der Waals surface area contributed by atoms with Gasteiger partial charge < -0.3 is 29.5 Å². The number of ketones is 1. The largest absolute Gasteiger partial charge is 0.459 e. The fourth-order valence-electron chi connectivity index (χ4n) is 7.86. The van der Waals surface area contributed by atoms with E-state index in [0.29, 0.717) is 6.42 Å². The normalized spacial score (nSPS) is 55.0. The third-order valence-corrected chi connectivity index (χ3v) is 9.00. The Kier molecular flexibility index (Phi) is 4.18. The Bertz CT molecular complexity index is 913. The first-order chi connectivity index (χ1) is 14.4. The summed E-state index contributed by atoms with van der Waals surface area (Å²) in [5.74, 6) is -3.84. The van der Waals surface area contributed by atoms with Gasteiger partial charge in [-0.25, -0.2) is 4.79 Å². The summed E-state index contributed by atoms with van der Waals surface area (Å²) in [6.45, 7) is 6.36. The molecule has 1 spiro atoms. The Labute approximate surface area is 179 Å². The Balaban J connectivity index is 1.76. The molecule has 31 heavy (non-hydrogen) atoms. The zero-order valence-electron chi connectivity index (χ0n) is 17.9. The van der Waals surface area contributed by atoms with Crippen LogP contribution in [0.3, 0.4) is 0 Å². The van der Waals surface area contributed by atoms with Gasteiger partial charge in [0.15, 0.2) is 5.78 Å². The minimum absolute atomic E-state index is 0.0364. The van der Waals surface area contributed by atoms with Crippen molar-refractivity contribution in [1.82, 2.24) is 0 Å². The number of allylic oxidation sites excluding steroid dienone is 1. The highest BCUT2D eigenvalue weighted by Gasteiger charge is 2.82. The molecule has 0 unspecified atom stereocenters. The van der Waals surface area contributed by atoms with E-state index in [4.69, 9.17) is 14.2 Å². The third kappa shape index (κ3) is 2.23. The summed E-state index contributed by atoms with van der Waals surface area (Å²) in [6.07, 6.45) is -4.45. The molecule has 2 saturated carbocycles. The molecule has 5 aliphatic rings. The van der Waals surface area contributed by atoms with Crippen LogP contribution >= 0.6 is 0 Å². The van der Waals surface area contributed by atoms with E-state index in [1.807, 2.05) is 0 Å². The summed E-state index contributed by atoms with van der Waals surface area (Å²) in [7, 11) is 0. The molecule has 3 N–H and O–H groups in total. The molecule has 11 atom stereocenters. The van der Waals surface area contributed by atoms with Gasteiger partial charge in [0.2, 0.25) is 6.10 Å². The molecular weight excluding hydrogens is 408 g/mol. The van der Waals surface area contributed by atoms with Gasteiger partial charge in [0.25, 0.3) is 0 Å². The van der Waals surface area contributed by atoms with Gasteiger partial charge in [-0.2, -0.15) is 0 Å². The van der Waals surface area contributed by atoms with Crippen LogP contribution in [-0.4, -0.2) is 75.8 Å². The Morgan fingerprint density at radius 3 is 2.52 bits per heavy atom. The molecule has 5 rings (SSSR count). The van der Waals surface area contributed by atoms with Crippen LogP contribution in [0.2, 0.25) is 0 Å². The zero-order chi connectivity index (χ0) is 22.7. The first-order valence-corrected chi connectivity index (χ1v) is 10.7. The Hall–Kier alpha value is -1.81. The number of hydrogen-bond donors (Lipinski definition) is 3. The molecule has 170 valence electrons. The SMILES string of the molecule is CC(=O)O[C@H]1C(=O)O[C@@H]2C[C@H]3C(C)=CC(=O)[C@@H](O)[C@]3(C)[C@H]3[C@@H](O)[C@@H](O)[C@@]4(C)OC[C@]32[C@@H]14. The van der Waals surface area contributed by atoms with Crippen LogP contribution in [0.4, 0.5) is 0 Å². The van der Waals surface area contributed by atoms with E-state index >= 15 is 0 Å². The number of aliphatic hydroxyl groups is 3. The van der Waals surface area contributed by atoms with E-state index in [-0.39, 0.29) is 12.5 Å². The van der Waals surface area contributed by atoms with Crippen molar-refractivity contribution in [2.75, 3.05) is 6.61 Å². The summed E-state index contributed by atoms with van der Waals surface area (Å²) in [4.78, 5) is 37.4. The van der Waals surface area contributed by atoms with Crippen molar-refractivity contribution in [1.29, 1.82) is 0 Å². The summed E-state index contributed by atoms with van der Waals surface area (Å²) in [5, 5.41) is 33.6. The van der Waals surface area contributed by atoms with E-state index in [9.17, 15) is 29.7 Å². The van der Waals surface area contributed by atoms with Gasteiger partial charge in [0.05, 0.1) is 18.6 Å². The maximum Gasteiger partial charge on any atom is 0.348 e. The lowest BCUT2D eigenvalue weighted by molar-refractivity contribution is -0.297. The van der Waals surface area contributed by atoms with Crippen molar-refractivity contribution in [3.05, 3.63) is 11.6 Å². The lowest BCUT2D eigenvalue weighted by Gasteiger charge is -2.68. The second kappa shape index (κ2) is 6.15. The molecular formula is C22H28O9. The maximum atomic E-state index is 13.0. The molecule has 4 fully saturated rings. The second-order valence-electron chi connectivity index (χ2n) is 10.3. The standard InChI is InChI=1S/C22H28O9/c1-8-5-11(24)17(26)20(3)10(8)6-12-22-7-29-21(4,18(27)13(25)15(20)22)16(22)14(19(28)31-12)30-9(2)23/h5,10,12-18,25-27H,6-7H2,1-4H3/t10-,12+,13+,14+,15+,16-,17+,18+,20-,21-,22+/m0/s1. The van der Waals surface area contributed by atoms with Gasteiger partial charge in [-0.1, -0.05) is 12.5 Å². The van der Waals surface area contributed by atoms with Crippen LogP contribution in [0, 0.1) is 28.6 Å². The average Bonchev–Trinajstić information content (AvgIpc) is 2.95. The minimum Gasteiger partial charge on any atom is -0.459 e. The van der Waals surface area contributed by atoms with E-state index in [0.717, 1.165) is 5.57 Å². The van der Waals surface area contributed by atoms with Crippen molar-refractivity contribution in [2.24, 2.45) is 28.6 Å². The molecule has 2 aliphatic heterocycles. The maximum absolute atomic E-state index is 13.0. The van der Waals surface area contributed by atoms with Crippen LogP contribution in [-0.2, 0) is 28.6 Å². The summed E-state index contributed by atoms with van der Waals surface area (Å²) in [5.41, 5.74) is -2.81. The molecule has 0 aromatic carbocycles. The lowest BCUT2D eigenvalue weighted by Crippen LogP contribution is -2.78. The fraction of sp³-hybridized carbons (Fsp3) is 0.773. The fourth-order valence-corrected chi connectivity index (χ4v) is 7.86. The second-order valence-corrected chi connectivity index (χ2v) is 10.3. The van der Waals surface area contributed by atoms with Crippen LogP contribution in [0.25, 0.3) is 0 Å². The number of rotatable bonds is 1. The molecule has 9 nitrogen and oxygen atoms in total. The minimum atomic E-state index is -1.42. The van der Waals surface area contributed by atoms with Crippen molar-refractivity contribution in [2.45, 2.75) is 70.2 Å². The van der Waals surface area contributed by atoms with Gasteiger partial charge in [0.1, 0.15) is 23.9 Å². The van der Waals surface area contributed by atoms with Gasteiger partial charge in [0, 0.05) is 23.7 Å². The highest BCUT2D eigenvalue weighted by Crippen LogP contribution is 2.72. The zero-order valence-corrected chi connectivity index (χ0v) is 17.9. The van der Waals surface area contributed by atoms with Crippen LogP contribution in [0.5, 0.6) is 0 Å². The lowest BCUT2D eigenvalue weighted by atomic mass is 9.38. The first-order valence-electron chi connectivity index (χ1n) is 10.7. The number of ether oxygens (including phenoxy) is 3. The molecule has 2 heterocycles. The highest BCUT2D eigenvalue weighted by molar-refractivity contribution is 5.96. The number of carbonyl (C=O) groups excluding carboxylic acids is 3. The summed E-state index contributed by atoms with van der Waals surface area (Å²) < 4.78 is 17.3. The third-order valence-electron chi connectivity index (χ3n) is 9.00. The van der Waals surface area contributed by atoms with E-state index in [1.165, 1.54) is 13.0 Å². The first kappa shape index (κ1) is 21.1. The highest BCUT2D eigenvalue weighted by atomic mass is 16.6. The topological polar surface area (TPSA) is 140 Å². The molecule has 0 amide bonds. The molecule has 2 bridgehead atoms. The predicted molar refractivity (Wildman–Crippen MR) is 102 cm³/mol. The van der Waals surface area contributed by atoms with Crippen molar-refractivity contribution < 1.29 is 43.9 Å². The van der Waals surface area contributed by atoms with Crippen LogP contribution < -0.4 is 0 Å². The number of hydrogen-bond acceptors (Lipinski definition) is 9. The Morgan fingerprint density at radius 2 is 1.87 bits per heavy atom. The van der Waals surface area contributed by atoms with Gasteiger partial charge in [-0.3, -0.25) is 9.59 Å².